The molecule has 116 valence electrons. The van der Waals surface area contributed by atoms with Crippen LogP contribution in [0.4, 0.5) is 17.6 Å². The molecule has 0 radical (unpaired) electrons. The van der Waals surface area contributed by atoms with Crippen LogP contribution in [0.3, 0.4) is 0 Å². The molecule has 0 unspecified atom stereocenters. The number of hydrogen-bond acceptors (Lipinski definition) is 4. The van der Waals surface area contributed by atoms with E-state index in [0.29, 0.717) is 0 Å². The lowest BCUT2D eigenvalue weighted by Gasteiger charge is -2.32. The van der Waals surface area contributed by atoms with E-state index < -0.39 is 31.5 Å². The van der Waals surface area contributed by atoms with Crippen molar-refractivity contribution in [1.82, 2.24) is 0 Å². The zero-order valence-corrected chi connectivity index (χ0v) is 11.3. The zero-order chi connectivity index (χ0) is 14.9. The second-order valence-electron chi connectivity index (χ2n) is 3.54. The Labute approximate surface area is 110 Å². The van der Waals surface area contributed by atoms with E-state index >= 15 is 0 Å². The number of ether oxygens (including phenoxy) is 4. The van der Waals surface area contributed by atoms with Gasteiger partial charge in [0, 0.05) is 19.8 Å². The van der Waals surface area contributed by atoms with Crippen LogP contribution < -0.4 is 0 Å². The first-order valence-corrected chi connectivity index (χ1v) is 5.99. The molecule has 0 aliphatic rings. The maximum atomic E-state index is 12.7. The third-order valence-electron chi connectivity index (χ3n) is 1.99. The molecule has 0 amide bonds. The molecule has 0 aromatic heterocycles. The summed E-state index contributed by atoms with van der Waals surface area (Å²) >= 11 is 0. The quantitative estimate of drug-likeness (QED) is 0.433. The van der Waals surface area contributed by atoms with Crippen LogP contribution in [0.15, 0.2) is 0 Å². The fraction of sp³-hybridized carbons (Fsp3) is 1.00. The van der Waals surface area contributed by atoms with Crippen molar-refractivity contribution in [3.63, 3.8) is 0 Å². The summed E-state index contributed by atoms with van der Waals surface area (Å²) in [4.78, 5) is 0. The van der Waals surface area contributed by atoms with E-state index in [1.807, 2.05) is 0 Å². The molecule has 0 saturated carbocycles. The molecule has 0 heterocycles. The average Bonchev–Trinajstić information content (AvgIpc) is 2.29. The van der Waals surface area contributed by atoms with Crippen molar-refractivity contribution in [1.29, 1.82) is 0 Å². The average molecular weight is 292 g/mol. The topological polar surface area (TPSA) is 36.9 Å². The summed E-state index contributed by atoms with van der Waals surface area (Å²) in [7, 11) is 0. The maximum absolute atomic E-state index is 12.7. The third-order valence-corrected chi connectivity index (χ3v) is 1.99. The first kappa shape index (κ1) is 18.6. The molecule has 0 aromatic carbocycles. The van der Waals surface area contributed by atoms with Crippen LogP contribution in [0, 0.1) is 0 Å². The Bertz CT molecular complexity index is 222. The number of rotatable bonds is 11. The van der Waals surface area contributed by atoms with Gasteiger partial charge in [0.25, 0.3) is 0 Å². The van der Waals surface area contributed by atoms with E-state index in [-0.39, 0.29) is 19.8 Å². The molecule has 0 fully saturated rings. The largest absolute Gasteiger partial charge is 0.367 e. The third kappa shape index (κ3) is 6.51. The predicted molar refractivity (Wildman–Crippen MR) is 59.4 cm³/mol. The van der Waals surface area contributed by atoms with Crippen molar-refractivity contribution in [2.75, 3.05) is 33.0 Å². The second-order valence-corrected chi connectivity index (χ2v) is 3.54. The molecule has 0 saturated heterocycles. The van der Waals surface area contributed by atoms with Crippen LogP contribution in [-0.4, -0.2) is 51.4 Å². The molecule has 19 heavy (non-hydrogen) atoms. The van der Waals surface area contributed by atoms with Crippen LogP contribution in [0.1, 0.15) is 20.8 Å². The molecule has 0 rings (SSSR count). The highest BCUT2D eigenvalue weighted by atomic mass is 19.3. The highest BCUT2D eigenvalue weighted by Gasteiger charge is 2.42. The highest BCUT2D eigenvalue weighted by Crippen LogP contribution is 2.24. The SMILES string of the molecule is CCOC(COCC(F)(F)C(F)F)(OCC)OCC. The molecular weight excluding hydrogens is 272 g/mol. The molecule has 0 aromatic rings. The van der Waals surface area contributed by atoms with E-state index in [0.717, 1.165) is 0 Å². The minimum absolute atomic E-state index is 0.189. The van der Waals surface area contributed by atoms with E-state index in [4.69, 9.17) is 14.2 Å². The number of hydrogen-bond donors (Lipinski definition) is 0. The minimum atomic E-state index is -4.21. The molecule has 8 heteroatoms. The molecule has 0 bridgehead atoms. The number of alkyl halides is 4. The van der Waals surface area contributed by atoms with Crippen molar-refractivity contribution in [3.8, 4) is 0 Å². The Kier molecular flexibility index (Phi) is 8.47. The Morgan fingerprint density at radius 3 is 1.58 bits per heavy atom. The monoisotopic (exact) mass is 292 g/mol. The molecule has 0 N–H and O–H groups in total. The van der Waals surface area contributed by atoms with Crippen molar-refractivity contribution in [2.24, 2.45) is 0 Å². The van der Waals surface area contributed by atoms with Gasteiger partial charge >= 0.3 is 18.3 Å². The van der Waals surface area contributed by atoms with Crippen LogP contribution in [0.5, 0.6) is 0 Å². The smallest absolute Gasteiger partial charge is 0.330 e. The molecule has 0 aliphatic carbocycles. The summed E-state index contributed by atoms with van der Waals surface area (Å²) in [5.41, 5.74) is 0. The summed E-state index contributed by atoms with van der Waals surface area (Å²) in [6, 6.07) is 0. The summed E-state index contributed by atoms with van der Waals surface area (Å²) < 4.78 is 69.4. The van der Waals surface area contributed by atoms with Gasteiger partial charge in [-0.2, -0.15) is 8.78 Å². The van der Waals surface area contributed by atoms with Gasteiger partial charge in [-0.1, -0.05) is 0 Å². The lowest BCUT2D eigenvalue weighted by Crippen LogP contribution is -2.45. The summed E-state index contributed by atoms with van der Waals surface area (Å²) in [5, 5.41) is 0. The molecule has 0 spiro atoms. The lowest BCUT2D eigenvalue weighted by atomic mass is 10.4. The normalized spacial score (nSPS) is 13.3. The summed E-state index contributed by atoms with van der Waals surface area (Å²) in [6.07, 6.45) is -3.78. The molecule has 0 aliphatic heterocycles. The summed E-state index contributed by atoms with van der Waals surface area (Å²) in [6.45, 7) is 3.57. The zero-order valence-electron chi connectivity index (χ0n) is 11.3. The van der Waals surface area contributed by atoms with Crippen molar-refractivity contribution in [2.45, 2.75) is 39.1 Å². The Balaban J connectivity index is 4.47. The molecular formula is C11H20F4O4. The highest BCUT2D eigenvalue weighted by molar-refractivity contribution is 4.68. The summed E-state index contributed by atoms with van der Waals surface area (Å²) in [5.74, 6) is -5.85. The van der Waals surface area contributed by atoms with Crippen LogP contribution in [0.2, 0.25) is 0 Å². The van der Waals surface area contributed by atoms with Crippen molar-refractivity contribution < 1.29 is 36.5 Å². The van der Waals surface area contributed by atoms with Crippen LogP contribution >= 0.6 is 0 Å². The predicted octanol–water partition coefficient (Wildman–Crippen LogP) is 2.67. The van der Waals surface area contributed by atoms with E-state index in [1.165, 1.54) is 0 Å². The van der Waals surface area contributed by atoms with E-state index in [1.54, 1.807) is 20.8 Å². The van der Waals surface area contributed by atoms with Gasteiger partial charge in [0.2, 0.25) is 0 Å². The van der Waals surface area contributed by atoms with Gasteiger partial charge in [0.15, 0.2) is 0 Å². The Hall–Kier alpha value is -0.440. The van der Waals surface area contributed by atoms with Gasteiger partial charge in [-0.15, -0.1) is 0 Å². The van der Waals surface area contributed by atoms with Gasteiger partial charge in [-0.3, -0.25) is 0 Å². The first-order valence-electron chi connectivity index (χ1n) is 5.99. The molecule has 4 nitrogen and oxygen atoms in total. The van der Waals surface area contributed by atoms with Gasteiger partial charge < -0.3 is 18.9 Å². The van der Waals surface area contributed by atoms with Gasteiger partial charge in [-0.05, 0) is 20.8 Å². The van der Waals surface area contributed by atoms with Crippen molar-refractivity contribution in [3.05, 3.63) is 0 Å². The van der Waals surface area contributed by atoms with E-state index in [9.17, 15) is 17.6 Å². The van der Waals surface area contributed by atoms with Gasteiger partial charge in [0.05, 0.1) is 0 Å². The van der Waals surface area contributed by atoms with E-state index in [2.05, 4.69) is 4.74 Å². The maximum Gasteiger partial charge on any atom is 0.330 e. The Morgan fingerprint density at radius 2 is 1.26 bits per heavy atom. The molecule has 0 atom stereocenters. The van der Waals surface area contributed by atoms with Gasteiger partial charge in [-0.25, -0.2) is 8.78 Å². The lowest BCUT2D eigenvalue weighted by molar-refractivity contribution is -0.393. The van der Waals surface area contributed by atoms with Crippen molar-refractivity contribution >= 4 is 0 Å². The Morgan fingerprint density at radius 1 is 0.842 bits per heavy atom. The van der Waals surface area contributed by atoms with Gasteiger partial charge in [0.1, 0.15) is 13.2 Å². The fourth-order valence-corrected chi connectivity index (χ4v) is 1.28. The second kappa shape index (κ2) is 8.68. The standard InChI is InChI=1S/C11H20F4O4/c1-4-17-11(18-5-2,19-6-3)8-16-7-10(14,15)9(12)13/h9H,4-8H2,1-3H3. The van der Waals surface area contributed by atoms with Crippen LogP contribution in [0.25, 0.3) is 0 Å². The minimum Gasteiger partial charge on any atom is -0.367 e. The number of halogens is 4. The van der Waals surface area contributed by atoms with Crippen LogP contribution in [-0.2, 0) is 18.9 Å². The first-order chi connectivity index (χ1) is 8.83. The fourth-order valence-electron chi connectivity index (χ4n) is 1.28.